The van der Waals surface area contributed by atoms with Gasteiger partial charge in [0.25, 0.3) is 0 Å². The Balaban J connectivity index is 1.73. The molecule has 2 N–H and O–H groups in total. The number of hydrogen-bond donors (Lipinski definition) is 2. The molecule has 1 aromatic carbocycles. The summed E-state index contributed by atoms with van der Waals surface area (Å²) >= 11 is 0. The van der Waals surface area contributed by atoms with E-state index in [1.807, 2.05) is 31.2 Å². The van der Waals surface area contributed by atoms with Crippen LogP contribution in [0.5, 0.6) is 0 Å². The SMILES string of the molecule is COCCCCNC(=O)NCCn1c(C)nc2ccccc21. The van der Waals surface area contributed by atoms with Crippen molar-refractivity contribution in [3.8, 4) is 0 Å². The molecule has 0 bridgehead atoms. The minimum atomic E-state index is -0.125. The molecule has 120 valence electrons. The highest BCUT2D eigenvalue weighted by Crippen LogP contribution is 2.14. The lowest BCUT2D eigenvalue weighted by Crippen LogP contribution is -2.37. The number of fused-ring (bicyclic) bond motifs is 1. The summed E-state index contributed by atoms with van der Waals surface area (Å²) in [7, 11) is 1.68. The molecule has 0 atom stereocenters. The van der Waals surface area contributed by atoms with E-state index >= 15 is 0 Å². The minimum absolute atomic E-state index is 0.125. The van der Waals surface area contributed by atoms with Crippen molar-refractivity contribution in [1.29, 1.82) is 0 Å². The molecule has 0 aliphatic heterocycles. The van der Waals surface area contributed by atoms with Crippen LogP contribution in [0.3, 0.4) is 0 Å². The Morgan fingerprint density at radius 2 is 2.00 bits per heavy atom. The van der Waals surface area contributed by atoms with Gasteiger partial charge in [0.1, 0.15) is 5.82 Å². The summed E-state index contributed by atoms with van der Waals surface area (Å²) < 4.78 is 7.08. The Kier molecular flexibility index (Phi) is 6.21. The number of rotatable bonds is 8. The second-order valence-electron chi connectivity index (χ2n) is 5.18. The van der Waals surface area contributed by atoms with Crippen molar-refractivity contribution in [3.63, 3.8) is 0 Å². The summed E-state index contributed by atoms with van der Waals surface area (Å²) in [6.07, 6.45) is 1.88. The third-order valence-electron chi connectivity index (χ3n) is 3.53. The number of hydrogen-bond acceptors (Lipinski definition) is 3. The number of imidazole rings is 1. The van der Waals surface area contributed by atoms with Crippen molar-refractivity contribution in [3.05, 3.63) is 30.1 Å². The number of amides is 2. The fourth-order valence-corrected chi connectivity index (χ4v) is 2.40. The van der Waals surface area contributed by atoms with E-state index in [4.69, 9.17) is 4.74 Å². The van der Waals surface area contributed by atoms with Crippen LogP contribution in [0.4, 0.5) is 4.79 Å². The van der Waals surface area contributed by atoms with Crippen LogP contribution in [-0.4, -0.2) is 42.4 Å². The Bertz CT molecular complexity index is 609. The van der Waals surface area contributed by atoms with Gasteiger partial charge in [0.05, 0.1) is 11.0 Å². The first kappa shape index (κ1) is 16.3. The summed E-state index contributed by atoms with van der Waals surface area (Å²) in [6, 6.07) is 7.90. The predicted octanol–water partition coefficient (Wildman–Crippen LogP) is 2.07. The second-order valence-corrected chi connectivity index (χ2v) is 5.18. The number of carbonyl (C=O) groups excluding carboxylic acids is 1. The number of aryl methyl sites for hydroxylation is 1. The Morgan fingerprint density at radius 3 is 2.82 bits per heavy atom. The molecule has 2 aromatic rings. The van der Waals surface area contributed by atoms with Crippen LogP contribution in [0.2, 0.25) is 0 Å². The zero-order chi connectivity index (χ0) is 15.8. The van der Waals surface area contributed by atoms with E-state index in [1.165, 1.54) is 0 Å². The first-order valence-electron chi connectivity index (χ1n) is 7.65. The van der Waals surface area contributed by atoms with Gasteiger partial charge in [-0.1, -0.05) is 12.1 Å². The van der Waals surface area contributed by atoms with Crippen LogP contribution in [0, 0.1) is 6.92 Å². The topological polar surface area (TPSA) is 68.2 Å². The molecular formula is C16H24N4O2. The largest absolute Gasteiger partial charge is 0.385 e. The van der Waals surface area contributed by atoms with Gasteiger partial charge in [0.15, 0.2) is 0 Å². The van der Waals surface area contributed by atoms with Crippen molar-refractivity contribution < 1.29 is 9.53 Å². The van der Waals surface area contributed by atoms with Crippen LogP contribution < -0.4 is 10.6 Å². The molecule has 2 amide bonds. The summed E-state index contributed by atoms with van der Waals surface area (Å²) in [5.74, 6) is 0.961. The molecule has 0 aliphatic carbocycles. The number of urea groups is 1. The summed E-state index contributed by atoms with van der Waals surface area (Å²) in [5, 5.41) is 5.72. The molecule has 0 spiro atoms. The Morgan fingerprint density at radius 1 is 1.23 bits per heavy atom. The zero-order valence-corrected chi connectivity index (χ0v) is 13.3. The monoisotopic (exact) mass is 304 g/mol. The van der Waals surface area contributed by atoms with Gasteiger partial charge in [0.2, 0.25) is 0 Å². The maximum absolute atomic E-state index is 11.7. The van der Waals surface area contributed by atoms with E-state index in [0.29, 0.717) is 19.6 Å². The third kappa shape index (κ3) is 4.46. The number of carbonyl (C=O) groups is 1. The molecule has 0 saturated heterocycles. The van der Waals surface area contributed by atoms with E-state index in [-0.39, 0.29) is 6.03 Å². The highest BCUT2D eigenvalue weighted by atomic mass is 16.5. The molecule has 22 heavy (non-hydrogen) atoms. The number of aromatic nitrogens is 2. The lowest BCUT2D eigenvalue weighted by atomic mass is 10.3. The fourth-order valence-electron chi connectivity index (χ4n) is 2.40. The number of nitrogens with one attached hydrogen (secondary N) is 2. The third-order valence-corrected chi connectivity index (χ3v) is 3.53. The van der Waals surface area contributed by atoms with Crippen molar-refractivity contribution in [2.75, 3.05) is 26.8 Å². The van der Waals surface area contributed by atoms with Gasteiger partial charge in [0, 0.05) is 33.4 Å². The average Bonchev–Trinajstić information content (AvgIpc) is 2.83. The van der Waals surface area contributed by atoms with Gasteiger partial charge in [-0.15, -0.1) is 0 Å². The normalized spacial score (nSPS) is 10.8. The first-order chi connectivity index (χ1) is 10.7. The van der Waals surface area contributed by atoms with E-state index in [9.17, 15) is 4.79 Å². The van der Waals surface area contributed by atoms with Gasteiger partial charge >= 0.3 is 6.03 Å². The molecule has 0 saturated carbocycles. The number of unbranched alkanes of at least 4 members (excludes halogenated alkanes) is 1. The lowest BCUT2D eigenvalue weighted by Gasteiger charge is -2.09. The highest BCUT2D eigenvalue weighted by molar-refractivity contribution is 5.76. The van der Waals surface area contributed by atoms with Crippen molar-refractivity contribution in [1.82, 2.24) is 20.2 Å². The van der Waals surface area contributed by atoms with E-state index in [1.54, 1.807) is 7.11 Å². The summed E-state index contributed by atoms with van der Waals surface area (Å²) in [5.41, 5.74) is 2.09. The number of benzene rings is 1. The standard InChI is InChI=1S/C16H24N4O2/c1-13-19-14-7-3-4-8-15(14)20(13)11-10-18-16(21)17-9-5-6-12-22-2/h3-4,7-8H,5-6,9-12H2,1-2H3,(H2,17,18,21). The lowest BCUT2D eigenvalue weighted by molar-refractivity contribution is 0.192. The van der Waals surface area contributed by atoms with Gasteiger partial charge < -0.3 is 19.9 Å². The molecule has 1 heterocycles. The summed E-state index contributed by atoms with van der Waals surface area (Å²) in [6.45, 7) is 4.67. The first-order valence-corrected chi connectivity index (χ1v) is 7.65. The van der Waals surface area contributed by atoms with E-state index in [2.05, 4.69) is 20.2 Å². The summed E-state index contributed by atoms with van der Waals surface area (Å²) in [4.78, 5) is 16.2. The highest BCUT2D eigenvalue weighted by Gasteiger charge is 2.06. The van der Waals surface area contributed by atoms with Crippen LogP contribution in [0.1, 0.15) is 18.7 Å². The number of nitrogens with zero attached hydrogens (tertiary/aromatic N) is 2. The number of para-hydroxylation sites is 2. The molecule has 6 heteroatoms. The predicted molar refractivity (Wildman–Crippen MR) is 87.0 cm³/mol. The van der Waals surface area contributed by atoms with Gasteiger partial charge in [-0.3, -0.25) is 0 Å². The fraction of sp³-hybridized carbons (Fsp3) is 0.500. The molecule has 0 aliphatic rings. The number of methoxy groups -OCH3 is 1. The molecule has 0 radical (unpaired) electrons. The van der Waals surface area contributed by atoms with Crippen LogP contribution in [-0.2, 0) is 11.3 Å². The van der Waals surface area contributed by atoms with Crippen molar-refractivity contribution in [2.24, 2.45) is 0 Å². The smallest absolute Gasteiger partial charge is 0.314 e. The second kappa shape index (κ2) is 8.38. The zero-order valence-electron chi connectivity index (χ0n) is 13.3. The van der Waals surface area contributed by atoms with Gasteiger partial charge in [-0.25, -0.2) is 9.78 Å². The van der Waals surface area contributed by atoms with Crippen LogP contribution in [0.25, 0.3) is 11.0 Å². The maximum Gasteiger partial charge on any atom is 0.314 e. The van der Waals surface area contributed by atoms with Gasteiger partial charge in [-0.2, -0.15) is 0 Å². The van der Waals surface area contributed by atoms with E-state index < -0.39 is 0 Å². The van der Waals surface area contributed by atoms with Crippen LogP contribution in [0.15, 0.2) is 24.3 Å². The van der Waals surface area contributed by atoms with E-state index in [0.717, 1.165) is 36.3 Å². The Hall–Kier alpha value is -2.08. The molecule has 0 fully saturated rings. The average molecular weight is 304 g/mol. The maximum atomic E-state index is 11.7. The van der Waals surface area contributed by atoms with Gasteiger partial charge in [-0.05, 0) is 31.9 Å². The quantitative estimate of drug-likeness (QED) is 0.734. The Labute approximate surface area is 130 Å². The molecule has 6 nitrogen and oxygen atoms in total. The molecule has 2 rings (SSSR count). The molecular weight excluding hydrogens is 280 g/mol. The molecule has 1 aromatic heterocycles. The van der Waals surface area contributed by atoms with Crippen molar-refractivity contribution >= 4 is 17.1 Å². The van der Waals surface area contributed by atoms with Crippen LogP contribution >= 0.6 is 0 Å². The molecule has 0 unspecified atom stereocenters. The van der Waals surface area contributed by atoms with Crippen molar-refractivity contribution in [2.45, 2.75) is 26.3 Å². The minimum Gasteiger partial charge on any atom is -0.385 e. The number of ether oxygens (including phenoxy) is 1.